The average Bonchev–Trinajstić information content (AvgIpc) is 2.60. The summed E-state index contributed by atoms with van der Waals surface area (Å²) in [6.45, 7) is 5.07. The second-order valence-electron chi connectivity index (χ2n) is 6.13. The fourth-order valence-electron chi connectivity index (χ4n) is 2.37. The number of anilines is 2. The van der Waals surface area contributed by atoms with Crippen LogP contribution in [0.15, 0.2) is 36.5 Å². The normalized spacial score (nSPS) is 11.5. The fraction of sp³-hybridized carbons (Fsp3) is 0.316. The van der Waals surface area contributed by atoms with Gasteiger partial charge in [0.2, 0.25) is 5.91 Å². The number of hydrogen-bond acceptors (Lipinski definition) is 5. The van der Waals surface area contributed by atoms with Crippen LogP contribution in [-0.4, -0.2) is 41.7 Å². The van der Waals surface area contributed by atoms with E-state index in [-0.39, 0.29) is 23.9 Å². The Morgan fingerprint density at radius 3 is 2.54 bits per heavy atom. The van der Waals surface area contributed by atoms with Crippen molar-refractivity contribution in [3.63, 3.8) is 0 Å². The maximum atomic E-state index is 13.9. The minimum atomic E-state index is -0.577. The molecule has 0 aliphatic heterocycles. The summed E-state index contributed by atoms with van der Waals surface area (Å²) in [5.74, 6) is -0.645. The molecule has 0 saturated heterocycles. The summed E-state index contributed by atoms with van der Waals surface area (Å²) >= 11 is 0. The third kappa shape index (κ3) is 6.51. The molecule has 150 valence electrons. The number of carbonyl (C=O) groups excluding carboxylic acids is 2. The number of nitrogens with zero attached hydrogens (tertiary/aromatic N) is 2. The molecular formula is C19H23FN4O4. The van der Waals surface area contributed by atoms with Crippen molar-refractivity contribution in [2.24, 2.45) is 0 Å². The van der Waals surface area contributed by atoms with Gasteiger partial charge in [-0.05, 0) is 32.0 Å². The van der Waals surface area contributed by atoms with Crippen LogP contribution in [0.25, 0.3) is 0 Å². The molecule has 0 radical (unpaired) electrons. The zero-order valence-electron chi connectivity index (χ0n) is 16.2. The first-order valence-corrected chi connectivity index (χ1v) is 8.57. The van der Waals surface area contributed by atoms with E-state index in [9.17, 15) is 14.0 Å². The van der Waals surface area contributed by atoms with E-state index in [2.05, 4.69) is 15.6 Å². The Labute approximate surface area is 162 Å². The molecule has 2 aromatic rings. The molecule has 0 unspecified atom stereocenters. The number of rotatable bonds is 7. The maximum Gasteiger partial charge on any atom is 0.323 e. The van der Waals surface area contributed by atoms with Gasteiger partial charge in [0.25, 0.3) is 0 Å². The van der Waals surface area contributed by atoms with E-state index in [0.29, 0.717) is 5.69 Å². The van der Waals surface area contributed by atoms with Crippen molar-refractivity contribution in [1.29, 1.82) is 0 Å². The highest BCUT2D eigenvalue weighted by Crippen LogP contribution is 2.22. The molecule has 0 aliphatic carbocycles. The Bertz CT molecular complexity index is 829. The van der Waals surface area contributed by atoms with Crippen molar-refractivity contribution in [2.45, 2.75) is 26.9 Å². The van der Waals surface area contributed by atoms with Crippen LogP contribution >= 0.6 is 0 Å². The smallest absolute Gasteiger partial charge is 0.323 e. The molecule has 9 heteroatoms. The van der Waals surface area contributed by atoms with Gasteiger partial charge in [-0.1, -0.05) is 0 Å². The van der Waals surface area contributed by atoms with Crippen LogP contribution in [0.5, 0.6) is 5.75 Å². The van der Waals surface area contributed by atoms with E-state index in [1.165, 1.54) is 38.4 Å². The van der Waals surface area contributed by atoms with E-state index < -0.39 is 18.0 Å². The van der Waals surface area contributed by atoms with Crippen LogP contribution in [-0.2, 0) is 9.63 Å². The molecule has 1 aromatic carbocycles. The van der Waals surface area contributed by atoms with Gasteiger partial charge in [0, 0.05) is 30.4 Å². The number of amides is 3. The Hall–Kier alpha value is -3.20. The zero-order chi connectivity index (χ0) is 20.7. The van der Waals surface area contributed by atoms with Crippen LogP contribution in [0, 0.1) is 12.7 Å². The van der Waals surface area contributed by atoms with Gasteiger partial charge >= 0.3 is 6.03 Å². The molecular weight excluding hydrogens is 367 g/mol. The third-order valence-corrected chi connectivity index (χ3v) is 3.63. The second kappa shape index (κ2) is 9.65. The lowest BCUT2D eigenvalue weighted by molar-refractivity contribution is -0.178. The summed E-state index contributed by atoms with van der Waals surface area (Å²) in [6.07, 6.45) is 1.05. The first-order chi connectivity index (χ1) is 13.3. The van der Waals surface area contributed by atoms with Crippen LogP contribution < -0.4 is 15.4 Å². The monoisotopic (exact) mass is 390 g/mol. The molecule has 0 bridgehead atoms. The minimum Gasteiger partial charge on any atom is -0.489 e. The summed E-state index contributed by atoms with van der Waals surface area (Å²) in [5, 5.41) is 6.28. The lowest BCUT2D eigenvalue weighted by atomic mass is 10.2. The highest BCUT2D eigenvalue weighted by Gasteiger charge is 2.15. The minimum absolute atomic E-state index is 0.159. The number of halogens is 1. The molecule has 1 aromatic heterocycles. The Kier molecular flexibility index (Phi) is 7.28. The second-order valence-corrected chi connectivity index (χ2v) is 6.13. The summed E-state index contributed by atoms with van der Waals surface area (Å²) in [4.78, 5) is 32.5. The topological polar surface area (TPSA) is 92.8 Å². The molecule has 0 spiro atoms. The Morgan fingerprint density at radius 2 is 1.93 bits per heavy atom. The van der Waals surface area contributed by atoms with E-state index in [4.69, 9.17) is 9.57 Å². The van der Waals surface area contributed by atoms with E-state index in [1.54, 1.807) is 19.1 Å². The number of carbonyl (C=O) groups is 2. The molecule has 2 N–H and O–H groups in total. The lowest BCUT2D eigenvalue weighted by Gasteiger charge is -2.23. The Morgan fingerprint density at radius 1 is 1.21 bits per heavy atom. The average molecular weight is 390 g/mol. The van der Waals surface area contributed by atoms with Crippen molar-refractivity contribution >= 4 is 23.3 Å². The highest BCUT2D eigenvalue weighted by atomic mass is 19.1. The van der Waals surface area contributed by atoms with Crippen LogP contribution in [0.4, 0.5) is 20.6 Å². The SMILES string of the molecule is CON(C[C@@H](C)Oc1cc(F)cc(NC(=O)Nc2ccc(C)nc2)c1)C(C)=O. The third-order valence-electron chi connectivity index (χ3n) is 3.63. The first-order valence-electron chi connectivity index (χ1n) is 8.57. The number of benzene rings is 1. The number of pyridine rings is 1. The molecule has 1 heterocycles. The van der Waals surface area contributed by atoms with Crippen LogP contribution in [0.2, 0.25) is 0 Å². The van der Waals surface area contributed by atoms with Crippen LogP contribution in [0.1, 0.15) is 19.5 Å². The number of nitrogens with one attached hydrogen (secondary N) is 2. The molecule has 2 rings (SSSR count). The summed E-state index contributed by atoms with van der Waals surface area (Å²) < 4.78 is 19.5. The van der Waals surface area contributed by atoms with Crippen molar-refractivity contribution in [3.8, 4) is 5.75 Å². The number of ether oxygens (including phenoxy) is 1. The van der Waals surface area contributed by atoms with Gasteiger partial charge in [-0.15, -0.1) is 0 Å². The van der Waals surface area contributed by atoms with Crippen molar-refractivity contribution in [2.75, 3.05) is 24.3 Å². The molecule has 3 amide bonds. The number of aromatic nitrogens is 1. The number of hydroxylamine groups is 2. The highest BCUT2D eigenvalue weighted by molar-refractivity contribution is 5.99. The maximum absolute atomic E-state index is 13.9. The van der Waals surface area contributed by atoms with Gasteiger partial charge < -0.3 is 15.4 Å². The molecule has 8 nitrogen and oxygen atoms in total. The van der Waals surface area contributed by atoms with Crippen molar-refractivity contribution in [3.05, 3.63) is 48.0 Å². The van der Waals surface area contributed by atoms with Gasteiger partial charge in [0.1, 0.15) is 17.7 Å². The van der Waals surface area contributed by atoms with Gasteiger partial charge in [0.15, 0.2) is 0 Å². The predicted octanol–water partition coefficient (Wildman–Crippen LogP) is 3.35. The van der Waals surface area contributed by atoms with Crippen molar-refractivity contribution < 1.29 is 23.6 Å². The first kappa shape index (κ1) is 21.1. The summed E-state index contributed by atoms with van der Waals surface area (Å²) in [7, 11) is 1.38. The van der Waals surface area contributed by atoms with E-state index in [0.717, 1.165) is 10.8 Å². The fourth-order valence-corrected chi connectivity index (χ4v) is 2.37. The van der Waals surface area contributed by atoms with Crippen molar-refractivity contribution in [1.82, 2.24) is 10.0 Å². The van der Waals surface area contributed by atoms with Gasteiger partial charge in [-0.25, -0.2) is 14.2 Å². The quantitative estimate of drug-likeness (QED) is 0.708. The van der Waals surface area contributed by atoms with Crippen LogP contribution in [0.3, 0.4) is 0 Å². The standard InChI is InChI=1S/C19H23FN4O4/c1-12-5-6-16(10-21-12)22-19(26)23-17-7-15(20)8-18(9-17)28-13(2)11-24(27-4)14(3)25/h5-10,13H,11H2,1-4H3,(H2,22,23,26)/t13-/m1/s1. The Balaban J connectivity index is 2.00. The number of hydrogen-bond donors (Lipinski definition) is 2. The molecule has 0 aliphatic rings. The lowest BCUT2D eigenvalue weighted by Crippen LogP contribution is -2.36. The zero-order valence-corrected chi connectivity index (χ0v) is 16.2. The van der Waals surface area contributed by atoms with E-state index >= 15 is 0 Å². The van der Waals surface area contributed by atoms with Gasteiger partial charge in [-0.3, -0.25) is 14.6 Å². The number of aryl methyl sites for hydroxylation is 1. The predicted molar refractivity (Wildman–Crippen MR) is 103 cm³/mol. The summed E-state index contributed by atoms with van der Waals surface area (Å²) in [6, 6.07) is 6.76. The molecule has 0 saturated carbocycles. The number of urea groups is 1. The van der Waals surface area contributed by atoms with Gasteiger partial charge in [-0.2, -0.15) is 0 Å². The van der Waals surface area contributed by atoms with Gasteiger partial charge in [0.05, 0.1) is 25.5 Å². The largest absolute Gasteiger partial charge is 0.489 e. The molecule has 1 atom stereocenters. The molecule has 28 heavy (non-hydrogen) atoms. The molecule has 0 fully saturated rings. The summed E-state index contributed by atoms with van der Waals surface area (Å²) in [5.41, 5.74) is 1.55. The van der Waals surface area contributed by atoms with E-state index in [1.807, 2.05) is 6.92 Å².